The second-order valence-electron chi connectivity index (χ2n) is 5.51. The van der Waals surface area contributed by atoms with Crippen LogP contribution in [0.15, 0.2) is 24.3 Å². The van der Waals surface area contributed by atoms with Crippen LogP contribution in [0.25, 0.3) is 0 Å². The normalized spacial score (nSPS) is 10.0. The standard InChI is InChI=1S/C19H25NO7/c1-3-16(21)14-7-9-15(10-8-14)26-13-19(24)27-12-17(22)20-11-5-6-18(23)25-4-2/h7-10H,3-6,11-13H2,1-2H3,(H,20,22). The number of amides is 1. The first kappa shape index (κ1) is 22.1. The molecule has 148 valence electrons. The van der Waals surface area contributed by atoms with E-state index in [-0.39, 0.29) is 31.3 Å². The van der Waals surface area contributed by atoms with Crippen molar-refractivity contribution < 1.29 is 33.4 Å². The molecule has 0 saturated carbocycles. The Balaban J connectivity index is 2.18. The van der Waals surface area contributed by atoms with Crippen molar-refractivity contribution in [2.24, 2.45) is 0 Å². The van der Waals surface area contributed by atoms with Gasteiger partial charge in [-0.15, -0.1) is 0 Å². The number of rotatable bonds is 12. The minimum atomic E-state index is -0.689. The molecule has 1 N–H and O–H groups in total. The molecule has 0 aliphatic carbocycles. The summed E-state index contributed by atoms with van der Waals surface area (Å²) in [7, 11) is 0. The number of hydrogen-bond donors (Lipinski definition) is 1. The van der Waals surface area contributed by atoms with E-state index in [1.54, 1.807) is 38.1 Å². The monoisotopic (exact) mass is 379 g/mol. The number of ketones is 1. The summed E-state index contributed by atoms with van der Waals surface area (Å²) < 4.78 is 14.8. The molecule has 0 saturated heterocycles. The lowest BCUT2D eigenvalue weighted by molar-refractivity contribution is -0.150. The Hall–Kier alpha value is -2.90. The molecule has 0 bridgehead atoms. The van der Waals surface area contributed by atoms with E-state index in [2.05, 4.69) is 5.32 Å². The topological polar surface area (TPSA) is 108 Å². The smallest absolute Gasteiger partial charge is 0.344 e. The van der Waals surface area contributed by atoms with E-state index in [0.29, 0.717) is 30.8 Å². The van der Waals surface area contributed by atoms with Gasteiger partial charge in [-0.25, -0.2) is 4.79 Å². The predicted octanol–water partition coefficient (Wildman–Crippen LogP) is 1.66. The highest BCUT2D eigenvalue weighted by Gasteiger charge is 2.09. The van der Waals surface area contributed by atoms with Gasteiger partial charge in [-0.05, 0) is 37.6 Å². The molecule has 0 radical (unpaired) electrons. The molecule has 0 atom stereocenters. The molecule has 8 heteroatoms. The van der Waals surface area contributed by atoms with Gasteiger partial charge in [-0.1, -0.05) is 6.92 Å². The molecular weight excluding hydrogens is 354 g/mol. The van der Waals surface area contributed by atoms with Gasteiger partial charge in [-0.3, -0.25) is 14.4 Å². The predicted molar refractivity (Wildman–Crippen MR) is 96.4 cm³/mol. The average molecular weight is 379 g/mol. The summed E-state index contributed by atoms with van der Waals surface area (Å²) in [5, 5.41) is 2.53. The lowest BCUT2D eigenvalue weighted by atomic mass is 10.1. The van der Waals surface area contributed by atoms with Crippen LogP contribution in [0.4, 0.5) is 0 Å². The van der Waals surface area contributed by atoms with Gasteiger partial charge in [0.1, 0.15) is 5.75 Å². The lowest BCUT2D eigenvalue weighted by Crippen LogP contribution is -2.30. The minimum absolute atomic E-state index is 0.0224. The molecule has 0 heterocycles. The first-order valence-corrected chi connectivity index (χ1v) is 8.80. The van der Waals surface area contributed by atoms with Gasteiger partial charge in [0.2, 0.25) is 0 Å². The molecule has 1 aromatic carbocycles. The third kappa shape index (κ3) is 9.39. The zero-order chi connectivity index (χ0) is 20.1. The number of hydrogen-bond acceptors (Lipinski definition) is 7. The largest absolute Gasteiger partial charge is 0.482 e. The van der Waals surface area contributed by atoms with Gasteiger partial charge in [0.25, 0.3) is 5.91 Å². The van der Waals surface area contributed by atoms with E-state index < -0.39 is 18.5 Å². The maximum atomic E-state index is 11.6. The van der Waals surface area contributed by atoms with Crippen LogP contribution in [0.3, 0.4) is 0 Å². The van der Waals surface area contributed by atoms with E-state index in [1.807, 2.05) is 0 Å². The number of carbonyl (C=O) groups is 4. The first-order chi connectivity index (χ1) is 13.0. The number of Topliss-reactive ketones (excluding diaryl/α,β-unsaturated/α-hetero) is 1. The highest BCUT2D eigenvalue weighted by atomic mass is 16.6. The van der Waals surface area contributed by atoms with Crippen molar-refractivity contribution in [2.75, 3.05) is 26.4 Å². The number of carbonyl (C=O) groups excluding carboxylic acids is 4. The van der Waals surface area contributed by atoms with Crippen LogP contribution >= 0.6 is 0 Å². The van der Waals surface area contributed by atoms with Gasteiger partial charge in [0.05, 0.1) is 6.61 Å². The molecule has 0 aliphatic rings. The second-order valence-corrected chi connectivity index (χ2v) is 5.51. The average Bonchev–Trinajstić information content (AvgIpc) is 2.68. The van der Waals surface area contributed by atoms with E-state index >= 15 is 0 Å². The second kappa shape index (κ2) is 12.5. The van der Waals surface area contributed by atoms with Crippen LogP contribution in [0.2, 0.25) is 0 Å². The Morgan fingerprint density at radius 2 is 1.63 bits per heavy atom. The highest BCUT2D eigenvalue weighted by molar-refractivity contribution is 5.95. The third-order valence-electron chi connectivity index (χ3n) is 3.40. The van der Waals surface area contributed by atoms with Crippen LogP contribution in [-0.2, 0) is 23.9 Å². The number of esters is 2. The maximum absolute atomic E-state index is 11.6. The lowest BCUT2D eigenvalue weighted by Gasteiger charge is -2.08. The quantitative estimate of drug-likeness (QED) is 0.334. The van der Waals surface area contributed by atoms with E-state index in [1.165, 1.54) is 0 Å². The Bertz CT molecular complexity index is 640. The van der Waals surface area contributed by atoms with Crippen LogP contribution in [0.5, 0.6) is 5.75 Å². The molecular formula is C19H25NO7. The van der Waals surface area contributed by atoms with Crippen molar-refractivity contribution in [3.05, 3.63) is 29.8 Å². The molecule has 0 aliphatic heterocycles. The summed E-state index contributed by atoms with van der Waals surface area (Å²) in [6.07, 6.45) is 1.07. The Morgan fingerprint density at radius 1 is 0.926 bits per heavy atom. The van der Waals surface area contributed by atoms with Gasteiger partial charge in [0.15, 0.2) is 19.0 Å². The molecule has 1 aromatic rings. The summed E-state index contributed by atoms with van der Waals surface area (Å²) in [6.45, 7) is 3.33. The van der Waals surface area contributed by atoms with E-state index in [9.17, 15) is 19.2 Å². The molecule has 0 unspecified atom stereocenters. The van der Waals surface area contributed by atoms with Gasteiger partial charge in [-0.2, -0.15) is 0 Å². The van der Waals surface area contributed by atoms with Crippen molar-refractivity contribution in [3.8, 4) is 5.75 Å². The van der Waals surface area contributed by atoms with Crippen LogP contribution in [0, 0.1) is 0 Å². The first-order valence-electron chi connectivity index (χ1n) is 8.80. The fourth-order valence-corrected chi connectivity index (χ4v) is 2.02. The fraction of sp³-hybridized carbons (Fsp3) is 0.474. The molecule has 0 fully saturated rings. The summed E-state index contributed by atoms with van der Waals surface area (Å²) >= 11 is 0. The summed E-state index contributed by atoms with van der Waals surface area (Å²) in [5.74, 6) is -1.03. The van der Waals surface area contributed by atoms with Crippen molar-refractivity contribution >= 4 is 23.6 Å². The molecule has 0 aromatic heterocycles. The van der Waals surface area contributed by atoms with Gasteiger partial charge in [0, 0.05) is 24.9 Å². The van der Waals surface area contributed by atoms with Crippen molar-refractivity contribution in [1.29, 1.82) is 0 Å². The molecule has 1 rings (SSSR count). The van der Waals surface area contributed by atoms with Crippen molar-refractivity contribution in [1.82, 2.24) is 5.32 Å². The SMILES string of the molecule is CCOC(=O)CCCNC(=O)COC(=O)COc1ccc(C(=O)CC)cc1. The van der Waals surface area contributed by atoms with E-state index in [4.69, 9.17) is 14.2 Å². The van der Waals surface area contributed by atoms with E-state index in [0.717, 1.165) is 0 Å². The zero-order valence-corrected chi connectivity index (χ0v) is 15.6. The Labute approximate surface area is 158 Å². The molecule has 8 nitrogen and oxygen atoms in total. The van der Waals surface area contributed by atoms with Crippen molar-refractivity contribution in [3.63, 3.8) is 0 Å². The molecule has 0 spiro atoms. The fourth-order valence-electron chi connectivity index (χ4n) is 2.02. The Morgan fingerprint density at radius 3 is 2.26 bits per heavy atom. The number of nitrogens with one attached hydrogen (secondary N) is 1. The number of benzene rings is 1. The van der Waals surface area contributed by atoms with Crippen LogP contribution in [0.1, 0.15) is 43.5 Å². The zero-order valence-electron chi connectivity index (χ0n) is 15.6. The van der Waals surface area contributed by atoms with Crippen molar-refractivity contribution in [2.45, 2.75) is 33.1 Å². The third-order valence-corrected chi connectivity index (χ3v) is 3.40. The van der Waals surface area contributed by atoms with Gasteiger partial charge >= 0.3 is 11.9 Å². The summed E-state index contributed by atoms with van der Waals surface area (Å²) in [4.78, 5) is 45.8. The Kier molecular flexibility index (Phi) is 10.2. The molecule has 27 heavy (non-hydrogen) atoms. The minimum Gasteiger partial charge on any atom is -0.482 e. The number of ether oxygens (including phenoxy) is 3. The van der Waals surface area contributed by atoms with Gasteiger partial charge < -0.3 is 19.5 Å². The summed E-state index contributed by atoms with van der Waals surface area (Å²) in [6, 6.07) is 6.42. The summed E-state index contributed by atoms with van der Waals surface area (Å²) in [5.41, 5.74) is 0.576. The van der Waals surface area contributed by atoms with Crippen LogP contribution in [-0.4, -0.2) is 50.0 Å². The maximum Gasteiger partial charge on any atom is 0.344 e. The highest BCUT2D eigenvalue weighted by Crippen LogP contribution is 2.13. The van der Waals surface area contributed by atoms with Crippen LogP contribution < -0.4 is 10.1 Å². The molecule has 1 amide bonds.